The molecule has 4 heteroatoms. The van der Waals surface area contributed by atoms with Crippen molar-refractivity contribution in [2.24, 2.45) is 0 Å². The molecular weight excluding hydrogens is 266 g/mol. The molecule has 3 nitrogen and oxygen atoms in total. The fourth-order valence-electron chi connectivity index (χ4n) is 2.35. The van der Waals surface area contributed by atoms with Gasteiger partial charge in [-0.3, -0.25) is 0 Å². The Bertz CT molecular complexity index is 523. The fraction of sp³-hybridized carbons (Fsp3) is 0.500. The van der Waals surface area contributed by atoms with Crippen LogP contribution in [0.4, 0.5) is 0 Å². The molecule has 2 aromatic rings. The molecule has 2 heterocycles. The standard InChI is InChI=1S/C16H23N3S/c1-4-8-17-16(6-5-14-7-9-20-11-14)15-10-12(2)18-19-13(15)3/h7,9-11,16-17H,4-6,8H2,1-3H3. The van der Waals surface area contributed by atoms with Crippen molar-refractivity contribution in [1.82, 2.24) is 15.5 Å². The number of hydrogen-bond donors (Lipinski definition) is 1. The summed E-state index contributed by atoms with van der Waals surface area (Å²) in [6.07, 6.45) is 3.35. The largest absolute Gasteiger partial charge is 0.310 e. The van der Waals surface area contributed by atoms with Gasteiger partial charge in [0.2, 0.25) is 0 Å². The van der Waals surface area contributed by atoms with E-state index in [-0.39, 0.29) is 0 Å². The molecule has 0 saturated heterocycles. The number of thiophene rings is 1. The van der Waals surface area contributed by atoms with Gasteiger partial charge in [-0.15, -0.1) is 0 Å². The van der Waals surface area contributed by atoms with Crippen LogP contribution in [0.3, 0.4) is 0 Å². The Morgan fingerprint density at radius 2 is 2.15 bits per heavy atom. The van der Waals surface area contributed by atoms with E-state index in [4.69, 9.17) is 0 Å². The Morgan fingerprint density at radius 1 is 1.30 bits per heavy atom. The molecule has 20 heavy (non-hydrogen) atoms. The van der Waals surface area contributed by atoms with Crippen molar-refractivity contribution in [2.45, 2.75) is 46.1 Å². The molecule has 2 rings (SSSR count). The van der Waals surface area contributed by atoms with Crippen molar-refractivity contribution in [1.29, 1.82) is 0 Å². The molecule has 1 N–H and O–H groups in total. The molecule has 0 fully saturated rings. The third-order valence-corrected chi connectivity index (χ3v) is 4.19. The van der Waals surface area contributed by atoms with E-state index in [9.17, 15) is 0 Å². The molecule has 0 radical (unpaired) electrons. The number of hydrogen-bond acceptors (Lipinski definition) is 4. The maximum Gasteiger partial charge on any atom is 0.0648 e. The molecule has 0 aliphatic carbocycles. The zero-order valence-electron chi connectivity index (χ0n) is 12.5. The van der Waals surface area contributed by atoms with Gasteiger partial charge in [-0.2, -0.15) is 21.5 Å². The van der Waals surface area contributed by atoms with Crippen molar-refractivity contribution in [3.63, 3.8) is 0 Å². The van der Waals surface area contributed by atoms with Crippen LogP contribution < -0.4 is 5.32 Å². The summed E-state index contributed by atoms with van der Waals surface area (Å²) in [6.45, 7) is 7.29. The maximum absolute atomic E-state index is 4.26. The number of nitrogens with zero attached hydrogens (tertiary/aromatic N) is 2. The van der Waals surface area contributed by atoms with Gasteiger partial charge in [0.1, 0.15) is 0 Å². The van der Waals surface area contributed by atoms with E-state index < -0.39 is 0 Å². The quantitative estimate of drug-likeness (QED) is 0.842. The highest BCUT2D eigenvalue weighted by Crippen LogP contribution is 2.22. The summed E-state index contributed by atoms with van der Waals surface area (Å²) >= 11 is 1.77. The van der Waals surface area contributed by atoms with Gasteiger partial charge in [0.25, 0.3) is 0 Å². The number of aromatic nitrogens is 2. The lowest BCUT2D eigenvalue weighted by atomic mass is 9.98. The summed E-state index contributed by atoms with van der Waals surface area (Å²) in [7, 11) is 0. The van der Waals surface area contributed by atoms with Gasteiger partial charge < -0.3 is 5.32 Å². The molecule has 2 aromatic heterocycles. The predicted octanol–water partition coefficient (Wildman–Crippen LogP) is 3.83. The molecule has 1 atom stereocenters. The first-order chi connectivity index (χ1) is 9.70. The van der Waals surface area contributed by atoms with Crippen LogP contribution in [0.25, 0.3) is 0 Å². The minimum Gasteiger partial charge on any atom is -0.310 e. The van der Waals surface area contributed by atoms with Gasteiger partial charge in [0, 0.05) is 6.04 Å². The normalized spacial score (nSPS) is 12.6. The Hall–Kier alpha value is -1.26. The van der Waals surface area contributed by atoms with Crippen LogP contribution in [-0.4, -0.2) is 16.7 Å². The van der Waals surface area contributed by atoms with E-state index >= 15 is 0 Å². The van der Waals surface area contributed by atoms with Gasteiger partial charge in [-0.05, 0) is 73.7 Å². The van der Waals surface area contributed by atoms with Crippen LogP contribution in [0.2, 0.25) is 0 Å². The molecule has 0 aliphatic rings. The summed E-state index contributed by atoms with van der Waals surface area (Å²) in [5, 5.41) is 16.4. The molecule has 0 aromatic carbocycles. The van der Waals surface area contributed by atoms with Gasteiger partial charge in [0.15, 0.2) is 0 Å². The third-order valence-electron chi connectivity index (χ3n) is 3.46. The van der Waals surface area contributed by atoms with Gasteiger partial charge >= 0.3 is 0 Å². The summed E-state index contributed by atoms with van der Waals surface area (Å²) < 4.78 is 0. The minimum atomic E-state index is 0.365. The van der Waals surface area contributed by atoms with E-state index in [0.29, 0.717) is 6.04 Å². The van der Waals surface area contributed by atoms with Crippen LogP contribution in [0.5, 0.6) is 0 Å². The Balaban J connectivity index is 2.11. The first-order valence-electron chi connectivity index (χ1n) is 7.26. The van der Waals surface area contributed by atoms with Crippen molar-refractivity contribution in [3.8, 4) is 0 Å². The summed E-state index contributed by atoms with van der Waals surface area (Å²) in [5.74, 6) is 0. The SMILES string of the molecule is CCCNC(CCc1ccsc1)c1cc(C)nnc1C. The second-order valence-electron chi connectivity index (χ2n) is 5.20. The molecule has 108 valence electrons. The lowest BCUT2D eigenvalue weighted by Gasteiger charge is -2.20. The predicted molar refractivity (Wildman–Crippen MR) is 85.2 cm³/mol. The van der Waals surface area contributed by atoms with Crippen molar-refractivity contribution < 1.29 is 0 Å². The number of nitrogens with one attached hydrogen (secondary N) is 1. The van der Waals surface area contributed by atoms with Crippen LogP contribution >= 0.6 is 11.3 Å². The Labute approximate surface area is 125 Å². The first-order valence-corrected chi connectivity index (χ1v) is 8.20. The van der Waals surface area contributed by atoms with Crippen LogP contribution in [0.1, 0.15) is 48.3 Å². The van der Waals surface area contributed by atoms with Gasteiger partial charge in [-0.25, -0.2) is 0 Å². The third kappa shape index (κ3) is 4.12. The maximum atomic E-state index is 4.26. The van der Waals surface area contributed by atoms with E-state index in [1.165, 1.54) is 11.1 Å². The summed E-state index contributed by atoms with van der Waals surface area (Å²) in [4.78, 5) is 0. The topological polar surface area (TPSA) is 37.8 Å². The lowest BCUT2D eigenvalue weighted by Crippen LogP contribution is -2.24. The highest BCUT2D eigenvalue weighted by atomic mass is 32.1. The van der Waals surface area contributed by atoms with Crippen LogP contribution in [0.15, 0.2) is 22.9 Å². The highest BCUT2D eigenvalue weighted by Gasteiger charge is 2.15. The van der Waals surface area contributed by atoms with Crippen LogP contribution in [-0.2, 0) is 6.42 Å². The van der Waals surface area contributed by atoms with E-state index in [1.54, 1.807) is 11.3 Å². The van der Waals surface area contributed by atoms with E-state index in [0.717, 1.165) is 37.2 Å². The van der Waals surface area contributed by atoms with Crippen LogP contribution in [0, 0.1) is 13.8 Å². The van der Waals surface area contributed by atoms with Crippen molar-refractivity contribution in [3.05, 3.63) is 45.4 Å². The van der Waals surface area contributed by atoms with Gasteiger partial charge in [-0.1, -0.05) is 6.92 Å². The summed E-state index contributed by atoms with van der Waals surface area (Å²) in [5.41, 5.74) is 4.75. The molecule has 0 bridgehead atoms. The zero-order chi connectivity index (χ0) is 14.4. The van der Waals surface area contributed by atoms with E-state index in [1.807, 2.05) is 13.8 Å². The van der Waals surface area contributed by atoms with Crippen molar-refractivity contribution in [2.75, 3.05) is 6.54 Å². The zero-order valence-corrected chi connectivity index (χ0v) is 13.3. The average molecular weight is 289 g/mol. The Kier molecular flexibility index (Phi) is 5.68. The summed E-state index contributed by atoms with van der Waals surface area (Å²) in [6, 6.07) is 4.75. The molecular formula is C16H23N3S. The molecule has 0 amide bonds. The first kappa shape index (κ1) is 15.1. The van der Waals surface area contributed by atoms with E-state index in [2.05, 4.69) is 45.3 Å². The number of rotatable bonds is 7. The minimum absolute atomic E-state index is 0.365. The second kappa shape index (κ2) is 7.50. The monoisotopic (exact) mass is 289 g/mol. The second-order valence-corrected chi connectivity index (χ2v) is 5.98. The molecule has 1 unspecified atom stereocenters. The fourth-order valence-corrected chi connectivity index (χ4v) is 3.06. The van der Waals surface area contributed by atoms with Gasteiger partial charge in [0.05, 0.1) is 11.4 Å². The molecule has 0 spiro atoms. The average Bonchev–Trinajstić information content (AvgIpc) is 2.95. The Morgan fingerprint density at radius 3 is 2.85 bits per heavy atom. The highest BCUT2D eigenvalue weighted by molar-refractivity contribution is 7.07. The molecule has 0 aliphatic heterocycles. The lowest BCUT2D eigenvalue weighted by molar-refractivity contribution is 0.494. The number of aryl methyl sites for hydroxylation is 3. The smallest absolute Gasteiger partial charge is 0.0648 e. The molecule has 0 saturated carbocycles. The van der Waals surface area contributed by atoms with Crippen molar-refractivity contribution >= 4 is 11.3 Å².